The van der Waals surface area contributed by atoms with Crippen molar-refractivity contribution in [1.82, 2.24) is 10.5 Å². The number of rotatable bonds is 4. The fraction of sp³-hybridized carbons (Fsp3) is 0.565. The minimum Gasteiger partial charge on any atom is -0.360 e. The van der Waals surface area contributed by atoms with Crippen molar-refractivity contribution in [1.29, 1.82) is 0 Å². The predicted molar refractivity (Wildman–Crippen MR) is 109 cm³/mol. The molecule has 2 unspecified atom stereocenters. The molecule has 4 fully saturated rings. The van der Waals surface area contributed by atoms with Gasteiger partial charge in [0.1, 0.15) is 17.0 Å². The molecule has 4 aliphatic rings. The molecular weight excluding hydrogens is 372 g/mol. The maximum absolute atomic E-state index is 13.2. The summed E-state index contributed by atoms with van der Waals surface area (Å²) in [6.07, 6.45) is 9.43. The van der Waals surface area contributed by atoms with Gasteiger partial charge in [-0.25, -0.2) is 0 Å². The van der Waals surface area contributed by atoms with Gasteiger partial charge in [-0.05, 0) is 68.3 Å². The first-order valence-electron chi connectivity index (χ1n) is 10.5. The number of fused-ring (bicyclic) bond motifs is 1. The Kier molecular flexibility index (Phi) is 4.50. The minimum absolute atomic E-state index is 0.0944. The monoisotopic (exact) mass is 398 g/mol. The van der Waals surface area contributed by atoms with Gasteiger partial charge in [0.2, 0.25) is 0 Å². The summed E-state index contributed by atoms with van der Waals surface area (Å²) >= 11 is 6.34. The van der Waals surface area contributed by atoms with E-state index in [4.69, 9.17) is 16.1 Å². The third-order valence-electron chi connectivity index (χ3n) is 7.32. The molecule has 4 nitrogen and oxygen atoms in total. The van der Waals surface area contributed by atoms with E-state index in [1.54, 1.807) is 6.92 Å². The molecule has 0 saturated heterocycles. The van der Waals surface area contributed by atoms with Crippen molar-refractivity contribution >= 4 is 17.5 Å². The number of benzene rings is 1. The van der Waals surface area contributed by atoms with Gasteiger partial charge >= 0.3 is 0 Å². The molecule has 2 atom stereocenters. The molecule has 4 bridgehead atoms. The molecule has 4 saturated carbocycles. The molecule has 0 radical (unpaired) electrons. The molecule has 1 amide bonds. The second-order valence-electron chi connectivity index (χ2n) is 9.38. The van der Waals surface area contributed by atoms with Crippen molar-refractivity contribution in [3.63, 3.8) is 0 Å². The molecule has 5 heteroatoms. The highest BCUT2D eigenvalue weighted by atomic mass is 35.5. The number of carbonyl (C=O) groups excluding carboxylic acids is 1. The summed E-state index contributed by atoms with van der Waals surface area (Å²) < 4.78 is 5.37. The first-order chi connectivity index (χ1) is 13.5. The van der Waals surface area contributed by atoms with Crippen LogP contribution in [0.5, 0.6) is 0 Å². The summed E-state index contributed by atoms with van der Waals surface area (Å²) in [5, 5.41) is 7.97. The van der Waals surface area contributed by atoms with E-state index in [0.29, 0.717) is 22.0 Å². The van der Waals surface area contributed by atoms with Gasteiger partial charge in [-0.1, -0.05) is 47.8 Å². The Labute approximate surface area is 171 Å². The van der Waals surface area contributed by atoms with Gasteiger partial charge in [-0.15, -0.1) is 0 Å². The lowest BCUT2D eigenvalue weighted by Crippen LogP contribution is -2.45. The van der Waals surface area contributed by atoms with Crippen molar-refractivity contribution in [3.05, 3.63) is 40.6 Å². The van der Waals surface area contributed by atoms with Crippen molar-refractivity contribution in [2.24, 2.45) is 23.2 Å². The molecule has 1 aromatic heterocycles. The quantitative estimate of drug-likeness (QED) is 0.725. The minimum atomic E-state index is -0.0944. The number of hydrogen-bond acceptors (Lipinski definition) is 3. The maximum atomic E-state index is 13.2. The number of nitrogens with one attached hydrogen (secondary N) is 1. The van der Waals surface area contributed by atoms with Gasteiger partial charge < -0.3 is 9.84 Å². The number of amides is 1. The Bertz CT molecular complexity index is 890. The van der Waals surface area contributed by atoms with Crippen molar-refractivity contribution in [3.8, 4) is 11.3 Å². The van der Waals surface area contributed by atoms with Gasteiger partial charge in [0, 0.05) is 12.1 Å². The van der Waals surface area contributed by atoms with Crippen LogP contribution in [0, 0.1) is 30.1 Å². The third-order valence-corrected chi connectivity index (χ3v) is 7.65. The zero-order valence-corrected chi connectivity index (χ0v) is 17.1. The Hall–Kier alpha value is -1.81. The van der Waals surface area contributed by atoms with Crippen LogP contribution in [0.3, 0.4) is 0 Å². The van der Waals surface area contributed by atoms with E-state index in [1.807, 2.05) is 24.3 Å². The van der Waals surface area contributed by atoms with Crippen molar-refractivity contribution < 1.29 is 9.32 Å². The Morgan fingerprint density at radius 2 is 1.86 bits per heavy atom. The molecule has 28 heavy (non-hydrogen) atoms. The topological polar surface area (TPSA) is 55.1 Å². The van der Waals surface area contributed by atoms with Crippen LogP contribution in [-0.4, -0.2) is 17.6 Å². The number of hydrogen-bond donors (Lipinski definition) is 1. The number of aryl methyl sites for hydroxylation is 1. The molecule has 0 aliphatic heterocycles. The number of carbonyl (C=O) groups is 1. The molecular formula is C23H27ClN2O2. The molecule has 1 aromatic carbocycles. The highest BCUT2D eigenvalue weighted by molar-refractivity contribution is 6.33. The Balaban J connectivity index is 1.37. The molecule has 6 rings (SSSR count). The van der Waals surface area contributed by atoms with Crippen LogP contribution in [0.2, 0.25) is 5.02 Å². The number of aromatic nitrogens is 1. The summed E-state index contributed by atoms with van der Waals surface area (Å²) in [6.45, 7) is 2.56. The van der Waals surface area contributed by atoms with Crippen LogP contribution in [0.4, 0.5) is 0 Å². The van der Waals surface area contributed by atoms with Gasteiger partial charge in [0.15, 0.2) is 0 Å². The van der Waals surface area contributed by atoms with Crippen LogP contribution in [0.15, 0.2) is 28.8 Å². The molecule has 0 spiro atoms. The average molecular weight is 399 g/mol. The van der Waals surface area contributed by atoms with Crippen molar-refractivity contribution in [2.75, 3.05) is 6.54 Å². The normalized spacial score (nSPS) is 31.0. The van der Waals surface area contributed by atoms with E-state index in [9.17, 15) is 4.79 Å². The zero-order chi connectivity index (χ0) is 19.3. The summed E-state index contributed by atoms with van der Waals surface area (Å²) in [6, 6.07) is 7.45. The van der Waals surface area contributed by atoms with Crippen molar-refractivity contribution in [2.45, 2.75) is 51.9 Å². The van der Waals surface area contributed by atoms with Crippen LogP contribution < -0.4 is 5.32 Å². The second kappa shape index (κ2) is 6.91. The maximum Gasteiger partial charge on any atom is 0.257 e. The van der Waals surface area contributed by atoms with Gasteiger partial charge in [-0.2, -0.15) is 0 Å². The first-order valence-corrected chi connectivity index (χ1v) is 10.9. The molecule has 1 N–H and O–H groups in total. The highest BCUT2D eigenvalue weighted by Crippen LogP contribution is 2.57. The standard InChI is InChI=1S/C23H27ClN2O2/c1-14-20(21(26-28-14)18-4-2-3-5-19(18)24)22(27)25-13-23-10-15-6-7-16(11-23)9-17(8-15)12-23/h2-5,15-17H,6-13H2,1H3,(H,25,27). The SMILES string of the molecule is Cc1onc(-c2ccccc2Cl)c1C(=O)NCC12CC3CCC(CC(C3)C1)C2. The number of halogens is 1. The van der Waals surface area contributed by atoms with E-state index < -0.39 is 0 Å². The van der Waals surface area contributed by atoms with Crippen LogP contribution in [0.25, 0.3) is 11.3 Å². The van der Waals surface area contributed by atoms with E-state index >= 15 is 0 Å². The molecule has 2 aromatic rings. The first kappa shape index (κ1) is 18.2. The smallest absolute Gasteiger partial charge is 0.257 e. The van der Waals surface area contributed by atoms with Crippen LogP contribution >= 0.6 is 11.6 Å². The van der Waals surface area contributed by atoms with E-state index in [2.05, 4.69) is 10.5 Å². The summed E-state index contributed by atoms with van der Waals surface area (Å²) in [4.78, 5) is 13.2. The third kappa shape index (κ3) is 3.16. The lowest BCUT2D eigenvalue weighted by Gasteiger charge is -2.48. The Morgan fingerprint density at radius 1 is 1.18 bits per heavy atom. The zero-order valence-electron chi connectivity index (χ0n) is 16.3. The predicted octanol–water partition coefficient (Wildman–Crippen LogP) is 5.64. The van der Waals surface area contributed by atoms with Crippen LogP contribution in [0.1, 0.15) is 61.1 Å². The van der Waals surface area contributed by atoms with Gasteiger partial charge in [0.25, 0.3) is 5.91 Å². The lowest BCUT2D eigenvalue weighted by molar-refractivity contribution is 0.0338. The van der Waals surface area contributed by atoms with Gasteiger partial charge in [0.05, 0.1) is 5.02 Å². The highest BCUT2D eigenvalue weighted by Gasteiger charge is 2.48. The largest absolute Gasteiger partial charge is 0.360 e. The summed E-state index contributed by atoms with van der Waals surface area (Å²) in [5.41, 5.74) is 2.06. The summed E-state index contributed by atoms with van der Waals surface area (Å²) in [7, 11) is 0. The molecule has 4 aliphatic carbocycles. The lowest BCUT2D eigenvalue weighted by atomic mass is 9.58. The fourth-order valence-corrected chi connectivity index (χ4v) is 6.65. The second-order valence-corrected chi connectivity index (χ2v) is 9.79. The van der Waals surface area contributed by atoms with E-state index in [1.165, 1.54) is 44.9 Å². The molecule has 148 valence electrons. The van der Waals surface area contributed by atoms with E-state index in [-0.39, 0.29) is 11.3 Å². The van der Waals surface area contributed by atoms with Crippen LogP contribution in [-0.2, 0) is 0 Å². The number of nitrogens with zero attached hydrogens (tertiary/aromatic N) is 1. The Morgan fingerprint density at radius 3 is 2.57 bits per heavy atom. The van der Waals surface area contributed by atoms with Gasteiger partial charge in [-0.3, -0.25) is 4.79 Å². The molecule has 1 heterocycles. The summed E-state index contributed by atoms with van der Waals surface area (Å²) in [5.74, 6) is 3.03. The fourth-order valence-electron chi connectivity index (χ4n) is 6.42. The van der Waals surface area contributed by atoms with E-state index in [0.717, 1.165) is 29.9 Å². The average Bonchev–Trinajstić information content (AvgIpc) is 2.92.